The Balaban J connectivity index is 2.97. The van der Waals surface area contributed by atoms with Gasteiger partial charge in [0.25, 0.3) is 0 Å². The molecule has 1 heterocycles. The normalized spacial score (nSPS) is 19.1. The van der Waals surface area contributed by atoms with E-state index in [0.717, 1.165) is 4.90 Å². The number of nitrogens with two attached hydrogens (primary N) is 1. The summed E-state index contributed by atoms with van der Waals surface area (Å²) in [6, 6.07) is -4.96. The molecule has 0 saturated carbocycles. The molecular formula is C20H32N4O9. The van der Waals surface area contributed by atoms with Gasteiger partial charge in [-0.15, -0.1) is 0 Å². The molecule has 3 amide bonds. The van der Waals surface area contributed by atoms with Crippen molar-refractivity contribution in [2.45, 2.75) is 76.5 Å². The highest BCUT2D eigenvalue weighted by molar-refractivity contribution is 5.96. The Morgan fingerprint density at radius 1 is 1.03 bits per heavy atom. The number of carbonyl (C=O) groups is 6. The Hall–Kier alpha value is -3.22. The fourth-order valence-electron chi connectivity index (χ4n) is 3.45. The van der Waals surface area contributed by atoms with Crippen LogP contribution in [-0.4, -0.2) is 86.6 Å². The lowest BCUT2D eigenvalue weighted by Crippen LogP contribution is -2.57. The van der Waals surface area contributed by atoms with Crippen LogP contribution in [0.1, 0.15) is 52.4 Å². The lowest BCUT2D eigenvalue weighted by molar-refractivity contribution is -0.147. The molecule has 1 saturated heterocycles. The van der Waals surface area contributed by atoms with Gasteiger partial charge in [0.2, 0.25) is 17.7 Å². The van der Waals surface area contributed by atoms with Crippen LogP contribution in [0.4, 0.5) is 0 Å². The summed E-state index contributed by atoms with van der Waals surface area (Å²) < 4.78 is 0. The summed E-state index contributed by atoms with van der Waals surface area (Å²) in [6.07, 6.45) is -0.359. The van der Waals surface area contributed by atoms with Gasteiger partial charge in [-0.05, 0) is 25.2 Å². The van der Waals surface area contributed by atoms with Gasteiger partial charge in [-0.3, -0.25) is 24.0 Å². The van der Waals surface area contributed by atoms with Crippen molar-refractivity contribution in [1.29, 1.82) is 0 Å². The van der Waals surface area contributed by atoms with E-state index in [1.54, 1.807) is 6.92 Å². The zero-order valence-corrected chi connectivity index (χ0v) is 18.7. The van der Waals surface area contributed by atoms with Crippen LogP contribution in [0.3, 0.4) is 0 Å². The Bertz CT molecular complexity index is 773. The number of carboxylic acid groups (broad SMARTS) is 3. The monoisotopic (exact) mass is 472 g/mol. The van der Waals surface area contributed by atoms with Gasteiger partial charge in [-0.2, -0.15) is 0 Å². The minimum atomic E-state index is -1.46. The number of hydrogen-bond acceptors (Lipinski definition) is 7. The summed E-state index contributed by atoms with van der Waals surface area (Å²) in [5.41, 5.74) is 5.87. The van der Waals surface area contributed by atoms with Crippen LogP contribution >= 0.6 is 0 Å². The maximum absolute atomic E-state index is 13.1. The van der Waals surface area contributed by atoms with Gasteiger partial charge in [0, 0.05) is 13.0 Å². The summed E-state index contributed by atoms with van der Waals surface area (Å²) in [7, 11) is 0. The number of amides is 3. The smallest absolute Gasteiger partial charge is 0.326 e. The molecule has 1 rings (SSSR count). The molecule has 0 aromatic heterocycles. The zero-order chi connectivity index (χ0) is 25.3. The van der Waals surface area contributed by atoms with Crippen molar-refractivity contribution in [2.75, 3.05) is 6.54 Å². The number of nitrogens with one attached hydrogen (secondary N) is 2. The first-order chi connectivity index (χ1) is 15.4. The van der Waals surface area contributed by atoms with Crippen LogP contribution in [-0.2, 0) is 28.8 Å². The van der Waals surface area contributed by atoms with Gasteiger partial charge in [-0.25, -0.2) is 4.79 Å². The van der Waals surface area contributed by atoms with Crippen molar-refractivity contribution < 1.29 is 44.1 Å². The van der Waals surface area contributed by atoms with Crippen molar-refractivity contribution in [3.63, 3.8) is 0 Å². The number of carbonyl (C=O) groups excluding carboxylic acids is 3. The zero-order valence-electron chi connectivity index (χ0n) is 18.7. The highest BCUT2D eigenvalue weighted by atomic mass is 16.4. The predicted octanol–water partition coefficient (Wildman–Crippen LogP) is -1.26. The molecular weight excluding hydrogens is 440 g/mol. The second-order valence-corrected chi connectivity index (χ2v) is 8.09. The molecule has 0 spiro atoms. The molecule has 0 aliphatic carbocycles. The molecule has 0 aromatic rings. The molecule has 13 nitrogen and oxygen atoms in total. The molecule has 13 heteroatoms. The summed E-state index contributed by atoms with van der Waals surface area (Å²) >= 11 is 0. The van der Waals surface area contributed by atoms with E-state index in [0.29, 0.717) is 12.8 Å². The third kappa shape index (κ3) is 8.33. The largest absolute Gasteiger partial charge is 0.481 e. The van der Waals surface area contributed by atoms with Crippen LogP contribution < -0.4 is 16.4 Å². The SMILES string of the molecule is CCC(C)C(N)C(=O)NC(CC(=O)O)C(=O)N1CCCC1C(=O)NC(CCC(=O)O)C(=O)O. The van der Waals surface area contributed by atoms with Crippen LogP contribution in [0.25, 0.3) is 0 Å². The molecule has 0 bridgehead atoms. The molecule has 1 aliphatic rings. The van der Waals surface area contributed by atoms with E-state index in [1.807, 2.05) is 6.92 Å². The second kappa shape index (κ2) is 12.7. The maximum atomic E-state index is 13.1. The Morgan fingerprint density at radius 2 is 1.67 bits per heavy atom. The number of likely N-dealkylation sites (tertiary alicyclic amines) is 1. The third-order valence-corrected chi connectivity index (χ3v) is 5.65. The van der Waals surface area contributed by atoms with Crippen molar-refractivity contribution >= 4 is 35.6 Å². The molecule has 0 aromatic carbocycles. The number of aliphatic carboxylic acids is 3. The highest BCUT2D eigenvalue weighted by Gasteiger charge is 2.40. The number of nitrogens with zero attached hydrogens (tertiary/aromatic N) is 1. The van der Waals surface area contributed by atoms with E-state index in [1.165, 1.54) is 0 Å². The van der Waals surface area contributed by atoms with E-state index in [4.69, 9.17) is 10.8 Å². The summed E-state index contributed by atoms with van der Waals surface area (Å²) in [4.78, 5) is 72.6. The molecule has 1 aliphatic heterocycles. The van der Waals surface area contributed by atoms with Gasteiger partial charge in [0.1, 0.15) is 18.1 Å². The lowest BCUT2D eigenvalue weighted by Gasteiger charge is -2.29. The Morgan fingerprint density at radius 3 is 2.18 bits per heavy atom. The van der Waals surface area contributed by atoms with Crippen molar-refractivity contribution in [3.05, 3.63) is 0 Å². The van der Waals surface area contributed by atoms with Crippen molar-refractivity contribution in [2.24, 2.45) is 11.7 Å². The standard InChI is InChI=1S/C20H32N4O9/c1-3-10(2)16(21)18(30)23-12(9-15(27)28)19(31)24-8-4-5-13(24)17(29)22-11(20(32)33)6-7-14(25)26/h10-13,16H,3-9,21H2,1-2H3,(H,22,29)(H,23,30)(H,25,26)(H,27,28)(H,32,33). The molecule has 5 atom stereocenters. The van der Waals surface area contributed by atoms with E-state index >= 15 is 0 Å². The van der Waals surface area contributed by atoms with Crippen molar-refractivity contribution in [3.8, 4) is 0 Å². The van der Waals surface area contributed by atoms with Gasteiger partial charge in [0.15, 0.2) is 0 Å². The molecule has 33 heavy (non-hydrogen) atoms. The highest BCUT2D eigenvalue weighted by Crippen LogP contribution is 2.20. The van der Waals surface area contributed by atoms with Gasteiger partial charge < -0.3 is 36.6 Å². The second-order valence-electron chi connectivity index (χ2n) is 8.09. The molecule has 5 unspecified atom stereocenters. The Labute approximate surface area is 190 Å². The minimum absolute atomic E-state index is 0.104. The molecule has 7 N–H and O–H groups in total. The maximum Gasteiger partial charge on any atom is 0.326 e. The van der Waals surface area contributed by atoms with Crippen molar-refractivity contribution in [1.82, 2.24) is 15.5 Å². The fraction of sp³-hybridized carbons (Fsp3) is 0.700. The average Bonchev–Trinajstić information content (AvgIpc) is 3.23. The number of rotatable bonds is 13. The lowest BCUT2D eigenvalue weighted by atomic mass is 9.99. The number of hydrogen-bond donors (Lipinski definition) is 6. The fourth-order valence-corrected chi connectivity index (χ4v) is 3.45. The topological polar surface area (TPSA) is 216 Å². The third-order valence-electron chi connectivity index (χ3n) is 5.65. The minimum Gasteiger partial charge on any atom is -0.481 e. The summed E-state index contributed by atoms with van der Waals surface area (Å²) in [5.74, 6) is -6.48. The first-order valence-electron chi connectivity index (χ1n) is 10.7. The van der Waals surface area contributed by atoms with Gasteiger partial charge in [-0.1, -0.05) is 20.3 Å². The van der Waals surface area contributed by atoms with Crippen LogP contribution in [0, 0.1) is 5.92 Å². The van der Waals surface area contributed by atoms with E-state index in [2.05, 4.69) is 10.6 Å². The van der Waals surface area contributed by atoms with Gasteiger partial charge >= 0.3 is 17.9 Å². The van der Waals surface area contributed by atoms with E-state index < -0.39 is 72.6 Å². The first-order valence-corrected chi connectivity index (χ1v) is 10.7. The summed E-state index contributed by atoms with van der Waals surface area (Å²) in [5, 5.41) is 31.8. The summed E-state index contributed by atoms with van der Waals surface area (Å²) in [6.45, 7) is 3.67. The quantitative estimate of drug-likeness (QED) is 0.187. The molecule has 1 fully saturated rings. The molecule has 186 valence electrons. The molecule has 0 radical (unpaired) electrons. The van der Waals surface area contributed by atoms with Crippen LogP contribution in [0.5, 0.6) is 0 Å². The van der Waals surface area contributed by atoms with E-state index in [-0.39, 0.29) is 25.3 Å². The first kappa shape index (κ1) is 27.8. The van der Waals surface area contributed by atoms with Gasteiger partial charge in [0.05, 0.1) is 12.5 Å². The average molecular weight is 472 g/mol. The van der Waals surface area contributed by atoms with E-state index in [9.17, 15) is 39.0 Å². The van der Waals surface area contributed by atoms with Crippen LogP contribution in [0.15, 0.2) is 0 Å². The number of carboxylic acids is 3. The Kier molecular flexibility index (Phi) is 10.7. The van der Waals surface area contributed by atoms with Crippen LogP contribution in [0.2, 0.25) is 0 Å². The predicted molar refractivity (Wildman–Crippen MR) is 113 cm³/mol.